The summed E-state index contributed by atoms with van der Waals surface area (Å²) in [6.07, 6.45) is 0.608. The van der Waals surface area contributed by atoms with Crippen LogP contribution in [0.4, 0.5) is 11.4 Å². The monoisotopic (exact) mass is 532 g/mol. The van der Waals surface area contributed by atoms with Crippen molar-refractivity contribution in [2.45, 2.75) is 11.3 Å². The van der Waals surface area contributed by atoms with Crippen molar-refractivity contribution >= 4 is 60.8 Å². The lowest BCUT2D eigenvalue weighted by molar-refractivity contribution is 0.102. The van der Waals surface area contributed by atoms with E-state index >= 15 is 0 Å². The molecule has 1 amide bonds. The van der Waals surface area contributed by atoms with Gasteiger partial charge in [-0.1, -0.05) is 48.0 Å². The topological polar surface area (TPSA) is 88.8 Å². The summed E-state index contributed by atoms with van der Waals surface area (Å²) in [5.74, 6) is -0.0633. The molecule has 0 saturated carbocycles. The normalized spacial score (nSPS) is 13.2. The molecule has 6 rings (SSSR count). The molecule has 0 aliphatic carbocycles. The van der Waals surface area contributed by atoms with E-state index in [1.165, 1.54) is 29.6 Å². The number of para-hydroxylation sites is 2. The summed E-state index contributed by atoms with van der Waals surface area (Å²) < 4.78 is 39.9. The van der Waals surface area contributed by atoms with Crippen molar-refractivity contribution in [1.29, 1.82) is 0 Å². The number of methoxy groups -OCH3 is 1. The van der Waals surface area contributed by atoms with E-state index in [0.29, 0.717) is 35.7 Å². The number of rotatable bonds is 5. The third kappa shape index (κ3) is 3.89. The molecular weight excluding hydrogens is 512 g/mol. The van der Waals surface area contributed by atoms with Gasteiger partial charge in [-0.2, -0.15) is 0 Å². The highest BCUT2D eigenvalue weighted by Crippen LogP contribution is 2.38. The molecule has 1 aliphatic heterocycles. The molecule has 0 atom stereocenters. The minimum absolute atomic E-state index is 0.0437. The zero-order valence-corrected chi connectivity index (χ0v) is 21.3. The minimum atomic E-state index is -3.99. The zero-order valence-electron chi connectivity index (χ0n) is 19.7. The number of furan rings is 1. The van der Waals surface area contributed by atoms with Gasteiger partial charge in [0.25, 0.3) is 15.9 Å². The number of carbonyl (C=O) groups is 1. The van der Waals surface area contributed by atoms with Gasteiger partial charge in [0.05, 0.1) is 23.5 Å². The van der Waals surface area contributed by atoms with Gasteiger partial charge in [-0.25, -0.2) is 8.42 Å². The third-order valence-electron chi connectivity index (χ3n) is 6.55. The highest BCUT2D eigenvalue weighted by atomic mass is 35.5. The summed E-state index contributed by atoms with van der Waals surface area (Å²) in [5, 5.41) is 4.66. The highest BCUT2D eigenvalue weighted by Gasteiger charge is 2.32. The summed E-state index contributed by atoms with van der Waals surface area (Å²) >= 11 is 6.33. The summed E-state index contributed by atoms with van der Waals surface area (Å²) in [4.78, 5) is 13.1. The highest BCUT2D eigenvalue weighted by molar-refractivity contribution is 7.93. The molecule has 5 aromatic rings. The quantitative estimate of drug-likeness (QED) is 0.289. The number of nitrogens with one attached hydrogen (secondary N) is 1. The Morgan fingerprint density at radius 2 is 1.76 bits per heavy atom. The van der Waals surface area contributed by atoms with E-state index in [1.54, 1.807) is 24.3 Å². The van der Waals surface area contributed by atoms with Crippen LogP contribution < -0.4 is 14.4 Å². The molecule has 9 heteroatoms. The maximum atomic E-state index is 13.6. The molecule has 0 radical (unpaired) electrons. The molecule has 4 aromatic carbocycles. The number of amides is 1. The molecule has 7 nitrogen and oxygen atoms in total. The Kier molecular flexibility index (Phi) is 5.58. The number of ether oxygens (including phenoxy) is 1. The third-order valence-corrected chi connectivity index (χ3v) is 8.85. The standard InChI is InChI=1S/C28H21ClN2O5S/c1-35-26-15-20-19-7-3-5-9-24(19)36-25(20)16-22(26)30-28(32)18-10-11-21(29)27(14-18)37(33,34)31-13-12-17-6-2-4-8-23(17)31/h2-11,14-16H,12-13H2,1H3,(H,30,32). The summed E-state index contributed by atoms with van der Waals surface area (Å²) in [6, 6.07) is 22.7. The number of halogens is 1. The summed E-state index contributed by atoms with van der Waals surface area (Å²) in [7, 11) is -2.47. The molecule has 2 heterocycles. The van der Waals surface area contributed by atoms with Crippen molar-refractivity contribution in [3.63, 3.8) is 0 Å². The first-order valence-electron chi connectivity index (χ1n) is 11.6. The fourth-order valence-electron chi connectivity index (χ4n) is 4.73. The lowest BCUT2D eigenvalue weighted by Gasteiger charge is -2.20. The number of carbonyl (C=O) groups excluding carboxylic acids is 1. The number of nitrogens with zero attached hydrogens (tertiary/aromatic N) is 1. The summed E-state index contributed by atoms with van der Waals surface area (Å²) in [6.45, 7) is 0.309. The SMILES string of the molecule is COc1cc2c(cc1NC(=O)c1ccc(Cl)c(S(=O)(=O)N3CCc4ccccc43)c1)oc1ccccc12. The first kappa shape index (κ1) is 23.4. The zero-order chi connectivity index (χ0) is 25.7. The van der Waals surface area contributed by atoms with Crippen LogP contribution in [-0.4, -0.2) is 28.0 Å². The first-order chi connectivity index (χ1) is 17.9. The molecule has 1 aromatic heterocycles. The summed E-state index contributed by atoms with van der Waals surface area (Å²) in [5.41, 5.74) is 3.42. The van der Waals surface area contributed by atoms with E-state index in [9.17, 15) is 13.2 Å². The molecule has 37 heavy (non-hydrogen) atoms. The number of anilines is 2. The van der Waals surface area contributed by atoms with Crippen LogP contribution in [0.5, 0.6) is 5.75 Å². The van der Waals surface area contributed by atoms with Crippen LogP contribution in [0.1, 0.15) is 15.9 Å². The number of hydrogen-bond donors (Lipinski definition) is 1. The minimum Gasteiger partial charge on any atom is -0.495 e. The Morgan fingerprint density at radius 3 is 2.59 bits per heavy atom. The lowest BCUT2D eigenvalue weighted by Crippen LogP contribution is -2.29. The Morgan fingerprint density at radius 1 is 0.973 bits per heavy atom. The van der Waals surface area contributed by atoms with Crippen molar-refractivity contribution in [3.05, 3.63) is 95.0 Å². The molecule has 0 unspecified atom stereocenters. The molecule has 0 spiro atoms. The molecule has 1 N–H and O–H groups in total. The van der Waals surface area contributed by atoms with Crippen LogP contribution in [0.25, 0.3) is 21.9 Å². The average Bonchev–Trinajstić information content (AvgIpc) is 3.50. The first-order valence-corrected chi connectivity index (χ1v) is 13.4. The van der Waals surface area contributed by atoms with Gasteiger partial charge >= 0.3 is 0 Å². The molecule has 186 valence electrons. The predicted molar refractivity (Wildman–Crippen MR) is 144 cm³/mol. The average molecular weight is 533 g/mol. The molecule has 0 saturated heterocycles. The van der Waals surface area contributed by atoms with E-state index < -0.39 is 15.9 Å². The van der Waals surface area contributed by atoms with Crippen LogP contribution in [0.3, 0.4) is 0 Å². The Bertz CT molecular complexity index is 1810. The molecular formula is C28H21ClN2O5S. The smallest absolute Gasteiger partial charge is 0.265 e. The van der Waals surface area contributed by atoms with Crippen LogP contribution in [0, 0.1) is 0 Å². The Hall–Kier alpha value is -4.01. The predicted octanol–water partition coefficient (Wildman–Crippen LogP) is 6.25. The lowest BCUT2D eigenvalue weighted by atomic mass is 10.1. The van der Waals surface area contributed by atoms with E-state index in [0.717, 1.165) is 21.9 Å². The maximum absolute atomic E-state index is 13.6. The van der Waals surface area contributed by atoms with Gasteiger partial charge in [0.1, 0.15) is 21.8 Å². The number of hydrogen-bond acceptors (Lipinski definition) is 5. The van der Waals surface area contributed by atoms with E-state index in [-0.39, 0.29) is 15.5 Å². The van der Waals surface area contributed by atoms with Crippen molar-refractivity contribution in [3.8, 4) is 5.75 Å². The van der Waals surface area contributed by atoms with Gasteiger partial charge in [-0.05, 0) is 48.4 Å². The Labute approximate surface area is 218 Å². The number of benzene rings is 4. The number of sulfonamides is 1. The van der Waals surface area contributed by atoms with Gasteiger partial charge in [-0.15, -0.1) is 0 Å². The van der Waals surface area contributed by atoms with Crippen molar-refractivity contribution in [2.75, 3.05) is 23.3 Å². The fraction of sp³-hybridized carbons (Fsp3) is 0.107. The second-order valence-corrected chi connectivity index (χ2v) is 10.9. The number of fused-ring (bicyclic) bond motifs is 4. The molecule has 0 fully saturated rings. The van der Waals surface area contributed by atoms with E-state index in [2.05, 4.69) is 5.32 Å². The van der Waals surface area contributed by atoms with Crippen LogP contribution in [0.15, 0.2) is 88.2 Å². The van der Waals surface area contributed by atoms with Crippen LogP contribution in [-0.2, 0) is 16.4 Å². The second kappa shape index (κ2) is 8.83. The van der Waals surface area contributed by atoms with Crippen molar-refractivity contribution in [1.82, 2.24) is 0 Å². The van der Waals surface area contributed by atoms with Crippen LogP contribution in [0.2, 0.25) is 5.02 Å². The second-order valence-electron chi connectivity index (χ2n) is 8.70. The molecule has 0 bridgehead atoms. The van der Waals surface area contributed by atoms with Crippen molar-refractivity contribution in [2.24, 2.45) is 0 Å². The Balaban J connectivity index is 1.35. The van der Waals surface area contributed by atoms with Gasteiger partial charge in [0, 0.05) is 28.9 Å². The van der Waals surface area contributed by atoms with Gasteiger partial charge in [0.15, 0.2) is 0 Å². The van der Waals surface area contributed by atoms with Gasteiger partial charge in [-0.3, -0.25) is 9.10 Å². The van der Waals surface area contributed by atoms with Crippen molar-refractivity contribution < 1.29 is 22.4 Å². The molecule has 1 aliphatic rings. The van der Waals surface area contributed by atoms with E-state index in [4.69, 9.17) is 20.8 Å². The maximum Gasteiger partial charge on any atom is 0.265 e. The largest absolute Gasteiger partial charge is 0.495 e. The van der Waals surface area contributed by atoms with Gasteiger partial charge in [0.2, 0.25) is 0 Å². The fourth-order valence-corrected chi connectivity index (χ4v) is 6.74. The van der Waals surface area contributed by atoms with Gasteiger partial charge < -0.3 is 14.5 Å². The van der Waals surface area contributed by atoms with E-state index in [1.807, 2.05) is 36.4 Å². The van der Waals surface area contributed by atoms with Crippen LogP contribution >= 0.6 is 11.6 Å².